The summed E-state index contributed by atoms with van der Waals surface area (Å²) in [4.78, 5) is 43.1. The van der Waals surface area contributed by atoms with Crippen molar-refractivity contribution in [3.63, 3.8) is 0 Å². The highest BCUT2D eigenvalue weighted by molar-refractivity contribution is 6.35. The van der Waals surface area contributed by atoms with Crippen LogP contribution >= 0.6 is 0 Å². The summed E-state index contributed by atoms with van der Waals surface area (Å²) in [5.74, 6) is -0.0922. The fraction of sp³-hybridized carbons (Fsp3) is 0.400. The van der Waals surface area contributed by atoms with Gasteiger partial charge in [0.15, 0.2) is 0 Å². The van der Waals surface area contributed by atoms with Crippen molar-refractivity contribution in [3.05, 3.63) is 65.7 Å². The number of nitrogens with zero attached hydrogens (tertiary/aromatic N) is 3. The number of hydrogen-bond acceptors (Lipinski definition) is 4. The first kappa shape index (κ1) is 22.6. The largest absolute Gasteiger partial charge is 0.497 e. The third-order valence-corrected chi connectivity index (χ3v) is 6.35. The molecule has 0 aromatic heterocycles. The van der Waals surface area contributed by atoms with E-state index in [1.807, 2.05) is 54.6 Å². The van der Waals surface area contributed by atoms with Gasteiger partial charge in [-0.3, -0.25) is 9.59 Å². The molecule has 0 spiro atoms. The fourth-order valence-electron chi connectivity index (χ4n) is 4.41. The van der Waals surface area contributed by atoms with E-state index in [4.69, 9.17) is 4.74 Å². The van der Waals surface area contributed by atoms with Crippen LogP contribution in [-0.4, -0.2) is 71.9 Å². The van der Waals surface area contributed by atoms with Crippen LogP contribution in [0.1, 0.15) is 24.0 Å². The summed E-state index contributed by atoms with van der Waals surface area (Å²) in [6.45, 7) is 3.08. The molecule has 0 bridgehead atoms. The summed E-state index contributed by atoms with van der Waals surface area (Å²) >= 11 is 0. The molecule has 4 rings (SSSR count). The van der Waals surface area contributed by atoms with Gasteiger partial charge in [0.25, 0.3) is 0 Å². The number of nitrogens with one attached hydrogen (secondary N) is 1. The number of ether oxygens (including phenoxy) is 1. The Morgan fingerprint density at radius 1 is 0.909 bits per heavy atom. The maximum absolute atomic E-state index is 12.8. The summed E-state index contributed by atoms with van der Waals surface area (Å²) in [6, 6.07) is 17.2. The van der Waals surface area contributed by atoms with Gasteiger partial charge in [-0.2, -0.15) is 0 Å². The molecule has 2 aliphatic rings. The van der Waals surface area contributed by atoms with E-state index in [1.165, 1.54) is 0 Å². The van der Waals surface area contributed by atoms with Gasteiger partial charge in [0.05, 0.1) is 7.11 Å². The van der Waals surface area contributed by atoms with Crippen LogP contribution in [0.25, 0.3) is 0 Å². The molecule has 33 heavy (non-hydrogen) atoms. The number of benzene rings is 2. The lowest BCUT2D eigenvalue weighted by Crippen LogP contribution is -2.59. The Hall–Kier alpha value is -3.55. The highest BCUT2D eigenvalue weighted by atomic mass is 16.5. The van der Waals surface area contributed by atoms with E-state index >= 15 is 0 Å². The molecule has 0 radical (unpaired) electrons. The Bertz CT molecular complexity index is 972. The lowest BCUT2D eigenvalue weighted by Gasteiger charge is -2.42. The number of urea groups is 1. The van der Waals surface area contributed by atoms with Crippen LogP contribution in [0, 0.1) is 0 Å². The monoisotopic (exact) mass is 450 g/mol. The number of carbonyl (C=O) groups is 3. The maximum atomic E-state index is 12.8. The second-order valence-electron chi connectivity index (χ2n) is 8.44. The Balaban J connectivity index is 1.24. The van der Waals surface area contributed by atoms with Crippen molar-refractivity contribution in [3.8, 4) is 5.75 Å². The number of piperidine rings is 1. The predicted octanol–water partition coefficient (Wildman–Crippen LogP) is 2.24. The first-order chi connectivity index (χ1) is 16.0. The zero-order valence-corrected chi connectivity index (χ0v) is 18.9. The molecule has 4 amide bonds. The van der Waals surface area contributed by atoms with Crippen LogP contribution in [0.2, 0.25) is 0 Å². The number of carbonyl (C=O) groups excluding carboxylic acids is 3. The van der Waals surface area contributed by atoms with E-state index < -0.39 is 11.8 Å². The number of piperazine rings is 1. The molecule has 2 fully saturated rings. The molecular formula is C25H30N4O4. The van der Waals surface area contributed by atoms with Gasteiger partial charge in [-0.05, 0) is 36.1 Å². The normalized spacial score (nSPS) is 17.3. The molecule has 8 nitrogen and oxygen atoms in total. The minimum atomic E-state index is -0.440. The van der Waals surface area contributed by atoms with Crippen LogP contribution in [0.4, 0.5) is 4.79 Å². The molecule has 0 saturated carbocycles. The van der Waals surface area contributed by atoms with Gasteiger partial charge >= 0.3 is 17.8 Å². The SMILES string of the molecule is COc1ccc(CNC(=O)N2CCC(N3CCN(Cc4ccccc4)C(=O)C3=O)CC2)cc1. The van der Waals surface area contributed by atoms with Gasteiger partial charge in [0, 0.05) is 45.3 Å². The van der Waals surface area contributed by atoms with E-state index in [9.17, 15) is 14.4 Å². The standard InChI is InChI=1S/C25H30N4O4/c1-33-22-9-7-19(8-10-22)17-26-25(32)27-13-11-21(12-14-27)29-16-15-28(23(30)24(29)31)18-20-5-3-2-4-6-20/h2-10,21H,11-18H2,1H3,(H,26,32). The van der Waals surface area contributed by atoms with E-state index in [0.29, 0.717) is 52.1 Å². The molecule has 0 atom stereocenters. The van der Waals surface area contributed by atoms with E-state index in [-0.39, 0.29) is 12.1 Å². The molecular weight excluding hydrogens is 420 g/mol. The molecule has 2 aromatic rings. The van der Waals surface area contributed by atoms with Crippen molar-refractivity contribution in [2.75, 3.05) is 33.3 Å². The Morgan fingerprint density at radius 2 is 1.61 bits per heavy atom. The average Bonchev–Trinajstić information content (AvgIpc) is 2.86. The first-order valence-corrected chi connectivity index (χ1v) is 11.3. The zero-order valence-electron chi connectivity index (χ0n) is 18.9. The quantitative estimate of drug-likeness (QED) is 0.685. The van der Waals surface area contributed by atoms with Gasteiger partial charge in [-0.1, -0.05) is 42.5 Å². The highest BCUT2D eigenvalue weighted by Gasteiger charge is 2.37. The molecule has 2 saturated heterocycles. The molecule has 2 aromatic carbocycles. The smallest absolute Gasteiger partial charge is 0.317 e. The Morgan fingerprint density at radius 3 is 2.27 bits per heavy atom. The summed E-state index contributed by atoms with van der Waals surface area (Å²) in [7, 11) is 1.62. The summed E-state index contributed by atoms with van der Waals surface area (Å²) in [5, 5.41) is 2.95. The summed E-state index contributed by atoms with van der Waals surface area (Å²) in [6.07, 6.45) is 1.35. The van der Waals surface area contributed by atoms with Crippen LogP contribution in [0.5, 0.6) is 5.75 Å². The Kier molecular flexibility index (Phi) is 7.12. The second-order valence-corrected chi connectivity index (χ2v) is 8.44. The number of rotatable bonds is 6. The molecule has 1 N–H and O–H groups in total. The van der Waals surface area contributed by atoms with Crippen molar-refractivity contribution in [1.82, 2.24) is 20.0 Å². The number of amides is 4. The van der Waals surface area contributed by atoms with Gasteiger partial charge in [0.2, 0.25) is 0 Å². The van der Waals surface area contributed by atoms with Gasteiger partial charge in [-0.25, -0.2) is 4.79 Å². The van der Waals surface area contributed by atoms with Crippen LogP contribution in [-0.2, 0) is 22.7 Å². The van der Waals surface area contributed by atoms with Gasteiger partial charge < -0.3 is 24.8 Å². The maximum Gasteiger partial charge on any atom is 0.317 e. The fourth-order valence-corrected chi connectivity index (χ4v) is 4.41. The third-order valence-electron chi connectivity index (χ3n) is 6.35. The predicted molar refractivity (Wildman–Crippen MR) is 123 cm³/mol. The van der Waals surface area contributed by atoms with Crippen molar-refractivity contribution in [1.29, 1.82) is 0 Å². The lowest BCUT2D eigenvalue weighted by molar-refractivity contribution is -0.158. The summed E-state index contributed by atoms with van der Waals surface area (Å²) in [5.41, 5.74) is 2.01. The van der Waals surface area contributed by atoms with Gasteiger partial charge in [-0.15, -0.1) is 0 Å². The van der Waals surface area contributed by atoms with Crippen LogP contribution in [0.15, 0.2) is 54.6 Å². The molecule has 0 aliphatic carbocycles. The first-order valence-electron chi connectivity index (χ1n) is 11.3. The van der Waals surface area contributed by atoms with E-state index in [1.54, 1.807) is 21.8 Å². The second kappa shape index (κ2) is 10.4. The molecule has 0 unspecified atom stereocenters. The van der Waals surface area contributed by atoms with E-state index in [2.05, 4.69) is 5.32 Å². The lowest BCUT2D eigenvalue weighted by atomic mass is 10.0. The highest BCUT2D eigenvalue weighted by Crippen LogP contribution is 2.21. The average molecular weight is 451 g/mol. The Labute approximate surface area is 194 Å². The van der Waals surface area contributed by atoms with Crippen LogP contribution in [0.3, 0.4) is 0 Å². The number of methoxy groups -OCH3 is 1. The van der Waals surface area contributed by atoms with Crippen molar-refractivity contribution >= 4 is 17.8 Å². The molecule has 8 heteroatoms. The zero-order chi connectivity index (χ0) is 23.2. The van der Waals surface area contributed by atoms with Crippen molar-refractivity contribution in [2.24, 2.45) is 0 Å². The van der Waals surface area contributed by atoms with E-state index in [0.717, 1.165) is 16.9 Å². The van der Waals surface area contributed by atoms with Crippen molar-refractivity contribution < 1.29 is 19.1 Å². The number of likely N-dealkylation sites (tertiary alicyclic amines) is 1. The summed E-state index contributed by atoms with van der Waals surface area (Å²) < 4.78 is 5.15. The minimum Gasteiger partial charge on any atom is -0.497 e. The van der Waals surface area contributed by atoms with Crippen LogP contribution < -0.4 is 10.1 Å². The topological polar surface area (TPSA) is 82.2 Å². The number of hydrogen-bond donors (Lipinski definition) is 1. The van der Waals surface area contributed by atoms with Gasteiger partial charge in [0.1, 0.15) is 5.75 Å². The minimum absolute atomic E-state index is 0.00837. The molecule has 2 aliphatic heterocycles. The van der Waals surface area contributed by atoms with Crippen molar-refractivity contribution in [2.45, 2.75) is 32.0 Å². The molecule has 2 heterocycles. The third kappa shape index (κ3) is 5.45. The molecule has 174 valence electrons.